The zero-order chi connectivity index (χ0) is 21.3. The highest BCUT2D eigenvalue weighted by Crippen LogP contribution is 2.42. The summed E-state index contributed by atoms with van der Waals surface area (Å²) < 4.78 is 0. The van der Waals surface area contributed by atoms with Crippen LogP contribution in [0.1, 0.15) is 31.7 Å². The number of nitrogens with zero attached hydrogens (tertiary/aromatic N) is 2. The van der Waals surface area contributed by atoms with Crippen LogP contribution in [0, 0.1) is 17.3 Å². The van der Waals surface area contributed by atoms with Crippen LogP contribution < -0.4 is 0 Å². The first-order valence-corrected chi connectivity index (χ1v) is 11.0. The van der Waals surface area contributed by atoms with Crippen LogP contribution in [0.5, 0.6) is 0 Å². The largest absolute Gasteiger partial charge is 0.348 e. The van der Waals surface area contributed by atoms with E-state index in [4.69, 9.17) is 0 Å². The molecule has 3 unspecified atom stereocenters. The van der Waals surface area contributed by atoms with Crippen LogP contribution in [0.2, 0.25) is 0 Å². The lowest BCUT2D eigenvalue weighted by Gasteiger charge is -2.43. The predicted molar refractivity (Wildman–Crippen MR) is 120 cm³/mol. The minimum Gasteiger partial charge on any atom is -0.348 e. The van der Waals surface area contributed by atoms with Crippen molar-refractivity contribution in [1.29, 1.82) is 0 Å². The second-order valence-corrected chi connectivity index (χ2v) is 9.41. The van der Waals surface area contributed by atoms with Gasteiger partial charge in [-0.25, -0.2) is 0 Å². The van der Waals surface area contributed by atoms with Gasteiger partial charge in [0.15, 0.2) is 0 Å². The molecule has 4 rings (SSSR count). The number of benzene rings is 2. The lowest BCUT2D eigenvalue weighted by atomic mass is 9.73. The van der Waals surface area contributed by atoms with Crippen LogP contribution >= 0.6 is 0 Å². The van der Waals surface area contributed by atoms with Crippen molar-refractivity contribution in [2.45, 2.75) is 32.6 Å². The molecule has 2 fully saturated rings. The van der Waals surface area contributed by atoms with Crippen LogP contribution in [0.25, 0.3) is 11.1 Å². The highest BCUT2D eigenvalue weighted by Gasteiger charge is 2.48. The minimum absolute atomic E-state index is 0.133. The Morgan fingerprint density at radius 2 is 1.77 bits per heavy atom. The van der Waals surface area contributed by atoms with Gasteiger partial charge < -0.3 is 9.80 Å². The van der Waals surface area contributed by atoms with Gasteiger partial charge >= 0.3 is 0 Å². The second-order valence-electron chi connectivity index (χ2n) is 9.41. The molecule has 4 heteroatoms. The summed E-state index contributed by atoms with van der Waals surface area (Å²) in [5.41, 5.74) is 2.94. The number of likely N-dealkylation sites (tertiary alicyclic amines) is 1. The lowest BCUT2D eigenvalue weighted by Crippen LogP contribution is -2.54. The summed E-state index contributed by atoms with van der Waals surface area (Å²) in [6.45, 7) is 3.44. The molecule has 30 heavy (non-hydrogen) atoms. The van der Waals surface area contributed by atoms with E-state index in [9.17, 15) is 9.59 Å². The van der Waals surface area contributed by atoms with Crippen molar-refractivity contribution in [2.24, 2.45) is 17.3 Å². The SMILES string of the molecule is CC1CC1C(=O)N1CCCC(Cc2cccc(-c3ccccc3)c2)(C(=O)N(C)C)C1. The molecule has 2 aliphatic rings. The standard InChI is InChI=1S/C26H32N2O2/c1-19-15-23(19)24(29)28-14-8-13-26(18-28,25(30)27(2)3)17-20-9-7-12-22(16-20)21-10-5-4-6-11-21/h4-7,9-12,16,19,23H,8,13-15,17-18H2,1-3H3. The van der Waals surface area contributed by atoms with Gasteiger partial charge in [-0.05, 0) is 48.3 Å². The van der Waals surface area contributed by atoms with Crippen molar-refractivity contribution in [3.63, 3.8) is 0 Å². The van der Waals surface area contributed by atoms with Gasteiger partial charge in [-0.15, -0.1) is 0 Å². The topological polar surface area (TPSA) is 40.6 Å². The molecule has 1 heterocycles. The number of hydrogen-bond donors (Lipinski definition) is 0. The minimum atomic E-state index is -0.551. The van der Waals surface area contributed by atoms with E-state index < -0.39 is 5.41 Å². The number of hydrogen-bond acceptors (Lipinski definition) is 2. The van der Waals surface area contributed by atoms with Crippen molar-refractivity contribution in [1.82, 2.24) is 9.80 Å². The second kappa shape index (κ2) is 8.25. The van der Waals surface area contributed by atoms with E-state index in [2.05, 4.69) is 43.3 Å². The first kappa shape index (κ1) is 20.6. The number of carbonyl (C=O) groups is 2. The van der Waals surface area contributed by atoms with Crippen molar-refractivity contribution in [2.75, 3.05) is 27.2 Å². The molecule has 1 saturated carbocycles. The zero-order valence-electron chi connectivity index (χ0n) is 18.3. The maximum Gasteiger partial charge on any atom is 0.230 e. The number of piperidine rings is 1. The average Bonchev–Trinajstić information content (AvgIpc) is 3.50. The Kier molecular flexibility index (Phi) is 5.68. The molecule has 0 aromatic heterocycles. The maximum atomic E-state index is 13.4. The predicted octanol–water partition coefficient (Wildman–Crippen LogP) is 4.25. The Labute approximate surface area is 179 Å². The molecule has 1 aliphatic carbocycles. The Balaban J connectivity index is 1.62. The Morgan fingerprint density at radius 1 is 1.07 bits per heavy atom. The molecule has 1 aliphatic heterocycles. The molecule has 4 nitrogen and oxygen atoms in total. The van der Waals surface area contributed by atoms with Crippen LogP contribution in [0.15, 0.2) is 54.6 Å². The van der Waals surface area contributed by atoms with E-state index in [1.807, 2.05) is 37.2 Å². The fraction of sp³-hybridized carbons (Fsp3) is 0.462. The van der Waals surface area contributed by atoms with E-state index in [0.29, 0.717) is 18.9 Å². The smallest absolute Gasteiger partial charge is 0.230 e. The molecule has 2 aromatic carbocycles. The zero-order valence-corrected chi connectivity index (χ0v) is 18.3. The van der Waals surface area contributed by atoms with E-state index in [1.165, 1.54) is 5.56 Å². The third-order valence-electron chi connectivity index (χ3n) is 6.75. The molecule has 0 bridgehead atoms. The third-order valence-corrected chi connectivity index (χ3v) is 6.75. The van der Waals surface area contributed by atoms with E-state index in [0.717, 1.165) is 36.9 Å². The highest BCUT2D eigenvalue weighted by atomic mass is 16.2. The van der Waals surface area contributed by atoms with Gasteiger partial charge in [-0.2, -0.15) is 0 Å². The summed E-state index contributed by atoms with van der Waals surface area (Å²) in [4.78, 5) is 30.0. The normalized spacial score (nSPS) is 25.6. The number of rotatable bonds is 5. The van der Waals surface area contributed by atoms with Crippen molar-refractivity contribution in [3.8, 4) is 11.1 Å². The quantitative estimate of drug-likeness (QED) is 0.748. The van der Waals surface area contributed by atoms with Gasteiger partial charge in [-0.1, -0.05) is 61.5 Å². The monoisotopic (exact) mass is 404 g/mol. The van der Waals surface area contributed by atoms with Crippen LogP contribution in [-0.2, 0) is 16.0 Å². The van der Waals surface area contributed by atoms with E-state index in [1.54, 1.807) is 4.90 Å². The molecule has 2 amide bonds. The highest BCUT2D eigenvalue weighted by molar-refractivity contribution is 5.86. The van der Waals surface area contributed by atoms with Gasteiger partial charge in [0, 0.05) is 33.1 Å². The molecule has 0 radical (unpaired) electrons. The third kappa shape index (κ3) is 4.14. The Hall–Kier alpha value is -2.62. The molecular weight excluding hydrogens is 372 g/mol. The van der Waals surface area contributed by atoms with Gasteiger partial charge in [0.1, 0.15) is 0 Å². The molecule has 1 saturated heterocycles. The summed E-state index contributed by atoms with van der Waals surface area (Å²) in [5.74, 6) is 1.03. The molecule has 158 valence electrons. The van der Waals surface area contributed by atoms with Crippen LogP contribution in [0.3, 0.4) is 0 Å². The number of amides is 2. The summed E-state index contributed by atoms with van der Waals surface area (Å²) >= 11 is 0. The average molecular weight is 405 g/mol. The first-order valence-electron chi connectivity index (χ1n) is 11.0. The molecular formula is C26H32N2O2. The molecule has 0 spiro atoms. The van der Waals surface area contributed by atoms with Gasteiger partial charge in [0.05, 0.1) is 5.41 Å². The molecule has 0 N–H and O–H groups in total. The summed E-state index contributed by atoms with van der Waals surface area (Å²) in [6.07, 6.45) is 3.35. The van der Waals surface area contributed by atoms with Crippen molar-refractivity contribution in [3.05, 3.63) is 60.2 Å². The van der Waals surface area contributed by atoms with Gasteiger partial charge in [-0.3, -0.25) is 9.59 Å². The Bertz CT molecular complexity index is 924. The van der Waals surface area contributed by atoms with E-state index in [-0.39, 0.29) is 17.7 Å². The van der Waals surface area contributed by atoms with Gasteiger partial charge in [0.2, 0.25) is 11.8 Å². The fourth-order valence-corrected chi connectivity index (χ4v) is 4.97. The van der Waals surface area contributed by atoms with Gasteiger partial charge in [0.25, 0.3) is 0 Å². The summed E-state index contributed by atoms with van der Waals surface area (Å²) in [5, 5.41) is 0. The van der Waals surface area contributed by atoms with Crippen molar-refractivity contribution >= 4 is 11.8 Å². The molecule has 3 atom stereocenters. The summed E-state index contributed by atoms with van der Waals surface area (Å²) in [6, 6.07) is 18.8. The first-order chi connectivity index (χ1) is 14.4. The maximum absolute atomic E-state index is 13.4. The fourth-order valence-electron chi connectivity index (χ4n) is 4.97. The van der Waals surface area contributed by atoms with E-state index >= 15 is 0 Å². The molecule has 2 aromatic rings. The van der Waals surface area contributed by atoms with Crippen LogP contribution in [-0.4, -0.2) is 48.8 Å². The summed E-state index contributed by atoms with van der Waals surface area (Å²) in [7, 11) is 3.66. The number of carbonyl (C=O) groups excluding carboxylic acids is 2. The lowest BCUT2D eigenvalue weighted by molar-refractivity contribution is -0.147. The van der Waals surface area contributed by atoms with Crippen molar-refractivity contribution < 1.29 is 9.59 Å². The van der Waals surface area contributed by atoms with Crippen LogP contribution in [0.4, 0.5) is 0 Å². The Morgan fingerprint density at radius 3 is 2.43 bits per heavy atom.